The van der Waals surface area contributed by atoms with Gasteiger partial charge in [0.25, 0.3) is 0 Å². The molecule has 54 valence electrons. The second-order valence-electron chi connectivity index (χ2n) is 2.02. The van der Waals surface area contributed by atoms with Gasteiger partial charge >= 0.3 is 0 Å². The largest absolute Gasteiger partial charge is 0.397 e. The van der Waals surface area contributed by atoms with E-state index in [1.807, 2.05) is 19.1 Å². The number of nitrogens with zero attached hydrogens (tertiary/aromatic N) is 1. The fraction of sp³-hybridized carbons (Fsp3) is 0.167. The van der Waals surface area contributed by atoms with Crippen LogP contribution in [0.3, 0.4) is 0 Å². The molecule has 0 aromatic carbocycles. The molecular weight excluding hydrogens is 145 g/mol. The van der Waals surface area contributed by atoms with Crippen LogP contribution < -0.4 is 10.8 Å². The summed E-state index contributed by atoms with van der Waals surface area (Å²) in [7, 11) is 2.38. The minimum atomic E-state index is 0.726. The fourth-order valence-corrected chi connectivity index (χ4v) is 0.813. The third-order valence-corrected chi connectivity index (χ3v) is 1.57. The lowest BCUT2D eigenvalue weighted by Crippen LogP contribution is -1.94. The molecule has 0 radical (unpaired) electrons. The van der Waals surface area contributed by atoms with E-state index >= 15 is 0 Å². The monoisotopic (exact) mass is 155 g/mol. The molecule has 0 aliphatic carbocycles. The summed E-state index contributed by atoms with van der Waals surface area (Å²) in [6, 6.07) is 3.66. The van der Waals surface area contributed by atoms with Gasteiger partial charge in [-0.2, -0.15) is 0 Å². The topological polar surface area (TPSA) is 50.9 Å². The zero-order chi connectivity index (χ0) is 7.56. The molecule has 1 aromatic rings. The van der Waals surface area contributed by atoms with Gasteiger partial charge in [-0.1, -0.05) is 0 Å². The lowest BCUT2D eigenvalue weighted by molar-refractivity contribution is 1.22. The summed E-state index contributed by atoms with van der Waals surface area (Å²) >= 11 is 0. The summed E-state index contributed by atoms with van der Waals surface area (Å²) in [4.78, 5) is 4.13. The maximum atomic E-state index is 5.55. The number of nitrogens with one attached hydrogen (secondary N) is 1. The van der Waals surface area contributed by atoms with E-state index in [0.29, 0.717) is 0 Å². The van der Waals surface area contributed by atoms with Crippen molar-refractivity contribution in [2.45, 2.75) is 6.92 Å². The lowest BCUT2D eigenvalue weighted by Gasteiger charge is -2.01. The van der Waals surface area contributed by atoms with Crippen molar-refractivity contribution in [3.63, 3.8) is 0 Å². The number of pyridine rings is 1. The number of nitrogens with two attached hydrogens (primary N) is 1. The first-order valence-corrected chi connectivity index (χ1v) is 3.51. The zero-order valence-electron chi connectivity index (χ0n) is 5.76. The van der Waals surface area contributed by atoms with Crippen LogP contribution in [0.4, 0.5) is 11.5 Å². The van der Waals surface area contributed by atoms with Crippen molar-refractivity contribution < 1.29 is 0 Å². The number of aryl methyl sites for hydroxylation is 1. The predicted octanol–water partition coefficient (Wildman–Crippen LogP) is 1.17. The Balaban J connectivity index is 3.04. The Morgan fingerprint density at radius 3 is 2.80 bits per heavy atom. The van der Waals surface area contributed by atoms with Gasteiger partial charge in [0, 0.05) is 0 Å². The van der Waals surface area contributed by atoms with E-state index in [1.54, 1.807) is 0 Å². The van der Waals surface area contributed by atoms with Crippen LogP contribution in [0.15, 0.2) is 12.1 Å². The number of nitrogen functional groups attached to an aromatic ring is 1. The second-order valence-corrected chi connectivity index (χ2v) is 2.30. The van der Waals surface area contributed by atoms with E-state index in [2.05, 4.69) is 19.5 Å². The predicted molar refractivity (Wildman–Crippen MR) is 46.7 cm³/mol. The Kier molecular flexibility index (Phi) is 2.07. The molecule has 1 unspecified atom stereocenters. The van der Waals surface area contributed by atoms with E-state index in [9.17, 15) is 0 Å². The summed E-state index contributed by atoms with van der Waals surface area (Å²) in [5, 5.41) is 2.84. The molecule has 0 fully saturated rings. The number of rotatable bonds is 1. The Hall–Kier alpha value is -0.820. The van der Waals surface area contributed by atoms with Gasteiger partial charge in [-0.15, -0.1) is 0 Å². The third-order valence-electron chi connectivity index (χ3n) is 1.27. The standard InChI is InChI=1S/C6H10N3P/c1-4-5(7)2-3-6(8-4)9-10/h2-3H,7,10H2,1H3,(H,8,9). The van der Waals surface area contributed by atoms with E-state index < -0.39 is 0 Å². The van der Waals surface area contributed by atoms with Crippen molar-refractivity contribution in [1.82, 2.24) is 4.98 Å². The maximum Gasteiger partial charge on any atom is 0.129 e. The van der Waals surface area contributed by atoms with Crippen molar-refractivity contribution in [1.29, 1.82) is 0 Å². The Labute approximate surface area is 62.3 Å². The van der Waals surface area contributed by atoms with Gasteiger partial charge in [-0.25, -0.2) is 4.98 Å². The number of hydrogen-bond donors (Lipinski definition) is 2. The van der Waals surface area contributed by atoms with Gasteiger partial charge in [0.2, 0.25) is 0 Å². The van der Waals surface area contributed by atoms with Crippen LogP contribution in [0.1, 0.15) is 5.69 Å². The molecule has 0 saturated heterocycles. The van der Waals surface area contributed by atoms with Crippen molar-refractivity contribution in [3.05, 3.63) is 17.8 Å². The minimum absolute atomic E-state index is 0.726. The number of aromatic nitrogens is 1. The average molecular weight is 155 g/mol. The van der Waals surface area contributed by atoms with Crippen molar-refractivity contribution in [2.75, 3.05) is 10.8 Å². The second kappa shape index (κ2) is 2.84. The summed E-state index contributed by atoms with van der Waals surface area (Å²) in [6.07, 6.45) is 0. The number of hydrogen-bond acceptors (Lipinski definition) is 3. The molecule has 3 nitrogen and oxygen atoms in total. The van der Waals surface area contributed by atoms with Gasteiger partial charge in [0.05, 0.1) is 11.4 Å². The van der Waals surface area contributed by atoms with Crippen molar-refractivity contribution in [2.24, 2.45) is 0 Å². The van der Waals surface area contributed by atoms with Crippen LogP contribution in [-0.2, 0) is 0 Å². The van der Waals surface area contributed by atoms with E-state index in [0.717, 1.165) is 17.2 Å². The summed E-state index contributed by atoms with van der Waals surface area (Å²) in [5.74, 6) is 0.816. The molecule has 0 aliphatic heterocycles. The van der Waals surface area contributed by atoms with E-state index in [4.69, 9.17) is 5.73 Å². The third kappa shape index (κ3) is 1.36. The average Bonchev–Trinajstić information content (AvgIpc) is 1.95. The zero-order valence-corrected chi connectivity index (χ0v) is 6.91. The van der Waals surface area contributed by atoms with Crippen LogP contribution in [-0.4, -0.2) is 4.98 Å². The van der Waals surface area contributed by atoms with Crippen molar-refractivity contribution in [3.8, 4) is 0 Å². The van der Waals surface area contributed by atoms with Gasteiger partial charge in [0.15, 0.2) is 0 Å². The Bertz CT molecular complexity index is 236. The van der Waals surface area contributed by atoms with E-state index in [-0.39, 0.29) is 0 Å². The molecule has 0 spiro atoms. The quantitative estimate of drug-likeness (QED) is 0.598. The Morgan fingerprint density at radius 1 is 1.60 bits per heavy atom. The maximum absolute atomic E-state index is 5.55. The molecule has 10 heavy (non-hydrogen) atoms. The summed E-state index contributed by atoms with van der Waals surface area (Å²) in [5.41, 5.74) is 7.13. The molecule has 0 bridgehead atoms. The molecule has 0 amide bonds. The summed E-state index contributed by atoms with van der Waals surface area (Å²) in [6.45, 7) is 1.88. The lowest BCUT2D eigenvalue weighted by atomic mass is 10.3. The number of anilines is 2. The highest BCUT2D eigenvalue weighted by Crippen LogP contribution is 2.12. The van der Waals surface area contributed by atoms with Crippen molar-refractivity contribution >= 4 is 20.9 Å². The smallest absolute Gasteiger partial charge is 0.129 e. The first-order valence-electron chi connectivity index (χ1n) is 2.94. The Morgan fingerprint density at radius 2 is 2.30 bits per heavy atom. The molecule has 3 N–H and O–H groups in total. The van der Waals surface area contributed by atoms with Gasteiger partial charge < -0.3 is 10.8 Å². The molecule has 0 saturated carbocycles. The summed E-state index contributed by atoms with van der Waals surface area (Å²) < 4.78 is 0. The van der Waals surface area contributed by atoms with Gasteiger partial charge in [0.1, 0.15) is 5.82 Å². The SMILES string of the molecule is Cc1nc(NP)ccc1N. The minimum Gasteiger partial charge on any atom is -0.397 e. The first kappa shape index (κ1) is 7.29. The highest BCUT2D eigenvalue weighted by Gasteiger charge is 1.94. The first-order chi connectivity index (χ1) is 4.74. The molecule has 0 aliphatic rings. The van der Waals surface area contributed by atoms with Crippen LogP contribution in [0, 0.1) is 6.92 Å². The normalized spacial score (nSPS) is 9.40. The highest BCUT2D eigenvalue weighted by atomic mass is 31.0. The molecule has 1 rings (SSSR count). The van der Waals surface area contributed by atoms with Crippen LogP contribution in [0.5, 0.6) is 0 Å². The van der Waals surface area contributed by atoms with E-state index in [1.165, 1.54) is 0 Å². The van der Waals surface area contributed by atoms with Crippen LogP contribution >= 0.6 is 9.39 Å². The van der Waals surface area contributed by atoms with Gasteiger partial charge in [-0.3, -0.25) is 0 Å². The highest BCUT2D eigenvalue weighted by molar-refractivity contribution is 7.18. The van der Waals surface area contributed by atoms with Crippen LogP contribution in [0.25, 0.3) is 0 Å². The fourth-order valence-electron chi connectivity index (χ4n) is 0.652. The van der Waals surface area contributed by atoms with Gasteiger partial charge in [-0.05, 0) is 28.4 Å². The van der Waals surface area contributed by atoms with Crippen LogP contribution in [0.2, 0.25) is 0 Å². The molecule has 4 heteroatoms. The molecule has 1 atom stereocenters. The molecular formula is C6H10N3P. The molecule has 1 heterocycles. The molecule has 1 aromatic heterocycles.